The topological polar surface area (TPSA) is 53.9 Å². The van der Waals surface area contributed by atoms with Gasteiger partial charge in [-0.05, 0) is 44.8 Å². The second kappa shape index (κ2) is 7.30. The molecule has 0 bridgehead atoms. The van der Waals surface area contributed by atoms with Crippen LogP contribution in [-0.4, -0.2) is 38.2 Å². The van der Waals surface area contributed by atoms with Gasteiger partial charge in [0.15, 0.2) is 10.6 Å². The van der Waals surface area contributed by atoms with Gasteiger partial charge in [0.2, 0.25) is 5.91 Å². The quantitative estimate of drug-likeness (QED) is 0.860. The molecule has 128 valence electrons. The number of nitrogens with one attached hydrogen (secondary N) is 1. The fourth-order valence-electron chi connectivity index (χ4n) is 3.37. The first-order valence-electron chi connectivity index (χ1n) is 8.62. The number of piperidine rings is 1. The molecular weight excluding hydrogens is 320 g/mol. The first-order valence-corrected chi connectivity index (χ1v) is 9.02. The number of benzene rings is 1. The number of rotatable bonds is 4. The molecule has 1 N–H and O–H groups in total. The van der Waals surface area contributed by atoms with E-state index in [4.69, 9.17) is 12.2 Å². The number of carbonyl (C=O) groups is 1. The summed E-state index contributed by atoms with van der Waals surface area (Å²) in [5.41, 5.74) is 2.15. The van der Waals surface area contributed by atoms with Crippen molar-refractivity contribution in [2.45, 2.75) is 52.1 Å². The van der Waals surface area contributed by atoms with E-state index in [9.17, 15) is 4.79 Å². The monoisotopic (exact) mass is 344 g/mol. The molecule has 0 aliphatic carbocycles. The lowest BCUT2D eigenvalue weighted by Crippen LogP contribution is -2.44. The van der Waals surface area contributed by atoms with Gasteiger partial charge in [-0.2, -0.15) is 5.10 Å². The second-order valence-electron chi connectivity index (χ2n) is 6.45. The van der Waals surface area contributed by atoms with E-state index >= 15 is 0 Å². The summed E-state index contributed by atoms with van der Waals surface area (Å²) in [7, 11) is 0. The van der Waals surface area contributed by atoms with E-state index in [-0.39, 0.29) is 12.5 Å². The molecular formula is C18H24N4OS. The number of aryl methyl sites for hydroxylation is 1. The number of likely N-dealkylation sites (tertiary alicyclic amines) is 1. The van der Waals surface area contributed by atoms with E-state index in [2.05, 4.69) is 17.1 Å². The van der Waals surface area contributed by atoms with Crippen LogP contribution in [0.25, 0.3) is 11.4 Å². The Hall–Kier alpha value is -1.95. The summed E-state index contributed by atoms with van der Waals surface area (Å²) in [6, 6.07) is 8.46. The van der Waals surface area contributed by atoms with Crippen molar-refractivity contribution in [3.8, 4) is 11.4 Å². The molecule has 0 saturated carbocycles. The van der Waals surface area contributed by atoms with Crippen LogP contribution in [0.3, 0.4) is 0 Å². The zero-order valence-electron chi connectivity index (χ0n) is 14.3. The van der Waals surface area contributed by atoms with E-state index in [1.165, 1.54) is 12.0 Å². The minimum Gasteiger partial charge on any atom is -0.338 e. The third kappa shape index (κ3) is 3.43. The number of aromatic nitrogens is 3. The number of H-pyrrole nitrogens is 1. The number of amides is 1. The molecule has 0 unspecified atom stereocenters. The van der Waals surface area contributed by atoms with E-state index in [1.54, 1.807) is 0 Å². The molecule has 2 aromatic rings. The van der Waals surface area contributed by atoms with Gasteiger partial charge in [-0.1, -0.05) is 36.8 Å². The van der Waals surface area contributed by atoms with Gasteiger partial charge in [0, 0.05) is 18.2 Å². The molecule has 1 aliphatic rings. The maximum Gasteiger partial charge on any atom is 0.242 e. The largest absolute Gasteiger partial charge is 0.338 e. The van der Waals surface area contributed by atoms with E-state index in [0.717, 1.165) is 37.2 Å². The highest BCUT2D eigenvalue weighted by atomic mass is 32.1. The van der Waals surface area contributed by atoms with Crippen LogP contribution in [0.4, 0.5) is 0 Å². The highest BCUT2D eigenvalue weighted by Gasteiger charge is 2.26. The van der Waals surface area contributed by atoms with Crippen LogP contribution in [-0.2, 0) is 11.3 Å². The molecule has 1 aliphatic heterocycles. The van der Waals surface area contributed by atoms with Crippen LogP contribution in [0.2, 0.25) is 0 Å². The summed E-state index contributed by atoms with van der Waals surface area (Å²) in [5, 5.41) is 7.16. The predicted molar refractivity (Wildman–Crippen MR) is 97.2 cm³/mol. The minimum absolute atomic E-state index is 0.132. The maximum absolute atomic E-state index is 12.8. The number of aromatic amines is 1. The molecule has 1 aromatic carbocycles. The summed E-state index contributed by atoms with van der Waals surface area (Å²) >= 11 is 5.35. The Morgan fingerprint density at radius 2 is 2.08 bits per heavy atom. The third-order valence-corrected chi connectivity index (χ3v) is 5.09. The van der Waals surface area contributed by atoms with Crippen molar-refractivity contribution in [2.24, 2.45) is 0 Å². The fraction of sp³-hybridized carbons (Fsp3) is 0.500. The van der Waals surface area contributed by atoms with Crippen molar-refractivity contribution in [2.75, 3.05) is 6.54 Å². The zero-order chi connectivity index (χ0) is 17.1. The molecule has 1 atom stereocenters. The molecule has 1 amide bonds. The summed E-state index contributed by atoms with van der Waals surface area (Å²) < 4.78 is 2.30. The third-order valence-electron chi connectivity index (χ3n) is 4.78. The molecule has 1 aromatic heterocycles. The molecule has 1 saturated heterocycles. The van der Waals surface area contributed by atoms with E-state index < -0.39 is 0 Å². The standard InChI is InChI=1S/C18H24N4OS/c1-3-15-6-4-5-11-21(15)16(23)12-22-17(19-20-18(22)24)14-9-7-13(2)8-10-14/h7-10,15H,3-6,11-12H2,1-2H3,(H,20,24)/t15-/m0/s1. The van der Waals surface area contributed by atoms with Crippen molar-refractivity contribution < 1.29 is 4.79 Å². The summed E-state index contributed by atoms with van der Waals surface area (Å²) in [5.74, 6) is 0.853. The lowest BCUT2D eigenvalue weighted by Gasteiger charge is -2.35. The number of nitrogens with zero attached hydrogens (tertiary/aromatic N) is 3. The highest BCUT2D eigenvalue weighted by Crippen LogP contribution is 2.22. The van der Waals surface area contributed by atoms with Crippen LogP contribution in [0.5, 0.6) is 0 Å². The average Bonchev–Trinajstić information content (AvgIpc) is 2.96. The first-order chi connectivity index (χ1) is 11.6. The second-order valence-corrected chi connectivity index (χ2v) is 6.84. The Balaban J connectivity index is 1.85. The normalized spacial score (nSPS) is 17.9. The Kier molecular flexibility index (Phi) is 5.14. The molecule has 1 fully saturated rings. The van der Waals surface area contributed by atoms with Crippen LogP contribution >= 0.6 is 12.2 Å². The molecule has 6 heteroatoms. The van der Waals surface area contributed by atoms with Crippen LogP contribution < -0.4 is 0 Å². The summed E-state index contributed by atoms with van der Waals surface area (Å²) in [6.45, 7) is 5.29. The Labute approximate surface area is 147 Å². The lowest BCUT2D eigenvalue weighted by molar-refractivity contribution is -0.135. The predicted octanol–water partition coefficient (Wildman–Crippen LogP) is 3.71. The molecule has 0 spiro atoms. The number of carbonyl (C=O) groups excluding carboxylic acids is 1. The number of hydrogen-bond donors (Lipinski definition) is 1. The van der Waals surface area contributed by atoms with Gasteiger partial charge >= 0.3 is 0 Å². The van der Waals surface area contributed by atoms with Gasteiger partial charge in [0.1, 0.15) is 6.54 Å². The maximum atomic E-state index is 12.8. The Bertz CT molecular complexity index is 762. The number of hydrogen-bond acceptors (Lipinski definition) is 3. The minimum atomic E-state index is 0.132. The van der Waals surface area contributed by atoms with Gasteiger partial charge in [-0.3, -0.25) is 14.5 Å². The summed E-state index contributed by atoms with van der Waals surface area (Å²) in [4.78, 5) is 14.9. The Morgan fingerprint density at radius 1 is 1.33 bits per heavy atom. The SMILES string of the molecule is CC[C@H]1CCCCN1C(=O)Cn1c(-c2ccc(C)cc2)n[nH]c1=S. The van der Waals surface area contributed by atoms with Gasteiger partial charge in [0.05, 0.1) is 0 Å². The highest BCUT2D eigenvalue weighted by molar-refractivity contribution is 7.71. The Morgan fingerprint density at radius 3 is 2.79 bits per heavy atom. The average molecular weight is 344 g/mol. The van der Waals surface area contributed by atoms with Gasteiger partial charge < -0.3 is 4.90 Å². The molecule has 3 rings (SSSR count). The first kappa shape index (κ1) is 16.9. The van der Waals surface area contributed by atoms with Crippen LogP contribution in [0.15, 0.2) is 24.3 Å². The zero-order valence-corrected chi connectivity index (χ0v) is 15.1. The summed E-state index contributed by atoms with van der Waals surface area (Å²) in [6.07, 6.45) is 4.41. The van der Waals surface area contributed by atoms with Crippen molar-refractivity contribution in [1.82, 2.24) is 19.7 Å². The van der Waals surface area contributed by atoms with Crippen molar-refractivity contribution in [1.29, 1.82) is 0 Å². The lowest BCUT2D eigenvalue weighted by atomic mass is 10.00. The van der Waals surface area contributed by atoms with Crippen molar-refractivity contribution in [3.63, 3.8) is 0 Å². The van der Waals surface area contributed by atoms with Gasteiger partial charge in [-0.15, -0.1) is 0 Å². The molecule has 2 heterocycles. The van der Waals surface area contributed by atoms with Gasteiger partial charge in [-0.25, -0.2) is 0 Å². The van der Waals surface area contributed by atoms with E-state index in [0.29, 0.717) is 10.8 Å². The van der Waals surface area contributed by atoms with Crippen LogP contribution in [0.1, 0.15) is 38.2 Å². The van der Waals surface area contributed by atoms with Crippen molar-refractivity contribution in [3.05, 3.63) is 34.6 Å². The van der Waals surface area contributed by atoms with Crippen LogP contribution in [0, 0.1) is 11.7 Å². The van der Waals surface area contributed by atoms with E-state index in [1.807, 2.05) is 40.7 Å². The van der Waals surface area contributed by atoms with Gasteiger partial charge in [0.25, 0.3) is 0 Å². The molecule has 0 radical (unpaired) electrons. The fourth-order valence-corrected chi connectivity index (χ4v) is 3.56. The molecule has 5 nitrogen and oxygen atoms in total. The molecule has 24 heavy (non-hydrogen) atoms. The smallest absolute Gasteiger partial charge is 0.242 e. The van der Waals surface area contributed by atoms with Crippen molar-refractivity contribution >= 4 is 18.1 Å².